The number of nitrogens with zero attached hydrogens (tertiary/aromatic N) is 2. The molecule has 0 aliphatic rings. The number of carbonyl (C=O) groups excluding carboxylic acids is 1. The van der Waals surface area contributed by atoms with Gasteiger partial charge in [0.25, 0.3) is 0 Å². The van der Waals surface area contributed by atoms with E-state index in [-0.39, 0.29) is 24.0 Å². The normalized spacial score (nSPS) is 12.1. The van der Waals surface area contributed by atoms with Crippen molar-refractivity contribution in [2.75, 3.05) is 6.54 Å². The molecule has 0 aliphatic heterocycles. The largest absolute Gasteiger partial charge is 0.508 e. The minimum Gasteiger partial charge on any atom is -0.508 e. The number of benzene rings is 1. The van der Waals surface area contributed by atoms with Crippen molar-refractivity contribution >= 4 is 5.91 Å². The van der Waals surface area contributed by atoms with Gasteiger partial charge in [-0.15, -0.1) is 0 Å². The van der Waals surface area contributed by atoms with Crippen LogP contribution in [0.5, 0.6) is 5.75 Å². The average molecular weight is 303 g/mol. The van der Waals surface area contributed by atoms with Crippen LogP contribution in [0.1, 0.15) is 49.9 Å². The summed E-state index contributed by atoms with van der Waals surface area (Å²) >= 11 is 0. The fourth-order valence-corrected chi connectivity index (χ4v) is 2.06. The van der Waals surface area contributed by atoms with Crippen LogP contribution >= 0.6 is 0 Å². The number of hydrogen-bond donors (Lipinski definition) is 2. The molecule has 1 aromatic heterocycles. The zero-order valence-corrected chi connectivity index (χ0v) is 12.9. The number of hydrogen-bond acceptors (Lipinski definition) is 5. The van der Waals surface area contributed by atoms with E-state index in [1.54, 1.807) is 18.2 Å². The van der Waals surface area contributed by atoms with E-state index < -0.39 is 0 Å². The lowest BCUT2D eigenvalue weighted by molar-refractivity contribution is -0.120. The molecular weight excluding hydrogens is 282 g/mol. The predicted octanol–water partition coefficient (Wildman–Crippen LogP) is 2.39. The van der Waals surface area contributed by atoms with Gasteiger partial charge in [0, 0.05) is 6.54 Å². The van der Waals surface area contributed by atoms with Crippen molar-refractivity contribution in [3.05, 3.63) is 41.5 Å². The molecule has 1 heterocycles. The quantitative estimate of drug-likeness (QED) is 0.767. The maximum Gasteiger partial charge on any atom is 0.233 e. The Morgan fingerprint density at radius 2 is 2.27 bits per heavy atom. The van der Waals surface area contributed by atoms with E-state index >= 15 is 0 Å². The number of amides is 1. The molecule has 0 saturated carbocycles. The number of aromatic hydroxyl groups is 1. The number of aromatic nitrogens is 2. The van der Waals surface area contributed by atoms with Gasteiger partial charge in [0.1, 0.15) is 5.75 Å². The Kier molecular flexibility index (Phi) is 5.52. The molecule has 0 radical (unpaired) electrons. The monoisotopic (exact) mass is 303 g/mol. The molecule has 22 heavy (non-hydrogen) atoms. The number of unbranched alkanes of at least 4 members (excludes halogenated alkanes) is 1. The Hall–Kier alpha value is -2.37. The van der Waals surface area contributed by atoms with Crippen LogP contribution in [0, 0.1) is 0 Å². The molecule has 0 fully saturated rings. The molecule has 6 nitrogen and oxygen atoms in total. The van der Waals surface area contributed by atoms with Crippen LogP contribution < -0.4 is 5.32 Å². The highest BCUT2D eigenvalue weighted by Crippen LogP contribution is 2.25. The van der Waals surface area contributed by atoms with Gasteiger partial charge in [0.2, 0.25) is 11.8 Å². The molecule has 2 N–H and O–H groups in total. The Morgan fingerprint density at radius 3 is 3.00 bits per heavy atom. The summed E-state index contributed by atoms with van der Waals surface area (Å²) in [5, 5.41) is 16.2. The number of carbonyl (C=O) groups is 1. The van der Waals surface area contributed by atoms with E-state index in [0.29, 0.717) is 18.3 Å². The predicted molar refractivity (Wildman–Crippen MR) is 81.5 cm³/mol. The van der Waals surface area contributed by atoms with Crippen LogP contribution in [0.15, 0.2) is 28.8 Å². The molecule has 1 amide bonds. The lowest BCUT2D eigenvalue weighted by atomic mass is 10.0. The van der Waals surface area contributed by atoms with Crippen molar-refractivity contribution < 1.29 is 14.4 Å². The van der Waals surface area contributed by atoms with Crippen molar-refractivity contribution in [3.8, 4) is 5.75 Å². The summed E-state index contributed by atoms with van der Waals surface area (Å²) in [6.45, 7) is 4.65. The topological polar surface area (TPSA) is 88.2 Å². The number of phenolic OH excluding ortho intramolecular Hbond substituents is 1. The summed E-state index contributed by atoms with van der Waals surface area (Å²) in [7, 11) is 0. The maximum absolute atomic E-state index is 11.7. The van der Waals surface area contributed by atoms with E-state index in [1.807, 2.05) is 13.0 Å². The third-order valence-electron chi connectivity index (χ3n) is 3.40. The fraction of sp³-hybridized carbons (Fsp3) is 0.438. The second-order valence-corrected chi connectivity index (χ2v) is 5.25. The molecule has 0 aliphatic carbocycles. The second kappa shape index (κ2) is 7.59. The summed E-state index contributed by atoms with van der Waals surface area (Å²) in [5.74, 6) is 0.750. The van der Waals surface area contributed by atoms with Crippen LogP contribution in [0.4, 0.5) is 0 Å². The van der Waals surface area contributed by atoms with E-state index in [2.05, 4.69) is 22.4 Å². The molecule has 0 bridgehead atoms. The molecule has 1 unspecified atom stereocenters. The lowest BCUT2D eigenvalue weighted by Crippen LogP contribution is -2.26. The maximum atomic E-state index is 11.7. The van der Waals surface area contributed by atoms with Gasteiger partial charge in [0.15, 0.2) is 5.82 Å². The number of phenols is 1. The van der Waals surface area contributed by atoms with Crippen LogP contribution in [-0.4, -0.2) is 27.7 Å². The molecule has 2 rings (SSSR count). The number of rotatable bonds is 7. The van der Waals surface area contributed by atoms with E-state index in [4.69, 9.17) is 4.52 Å². The van der Waals surface area contributed by atoms with E-state index in [9.17, 15) is 9.90 Å². The Labute approximate surface area is 129 Å². The van der Waals surface area contributed by atoms with Gasteiger partial charge in [-0.2, -0.15) is 4.98 Å². The van der Waals surface area contributed by atoms with Gasteiger partial charge in [0.05, 0.1) is 12.3 Å². The number of nitrogens with one attached hydrogen (secondary N) is 1. The highest BCUT2D eigenvalue weighted by Gasteiger charge is 2.18. The zero-order chi connectivity index (χ0) is 15.9. The summed E-state index contributed by atoms with van der Waals surface area (Å²) in [6, 6.07) is 6.91. The van der Waals surface area contributed by atoms with Crippen LogP contribution in [0.3, 0.4) is 0 Å². The first-order valence-corrected chi connectivity index (χ1v) is 7.48. The van der Waals surface area contributed by atoms with Gasteiger partial charge >= 0.3 is 0 Å². The molecule has 2 aromatic rings. The van der Waals surface area contributed by atoms with Crippen LogP contribution in [0.2, 0.25) is 0 Å². The van der Waals surface area contributed by atoms with Gasteiger partial charge in [-0.25, -0.2) is 0 Å². The highest BCUT2D eigenvalue weighted by atomic mass is 16.5. The second-order valence-electron chi connectivity index (χ2n) is 5.25. The van der Waals surface area contributed by atoms with E-state index in [0.717, 1.165) is 18.4 Å². The Bertz CT molecular complexity index is 625. The van der Waals surface area contributed by atoms with Crippen LogP contribution in [-0.2, 0) is 11.2 Å². The average Bonchev–Trinajstić information content (AvgIpc) is 2.95. The summed E-state index contributed by atoms with van der Waals surface area (Å²) in [6.07, 6.45) is 2.10. The van der Waals surface area contributed by atoms with Gasteiger partial charge in [-0.05, 0) is 31.0 Å². The summed E-state index contributed by atoms with van der Waals surface area (Å²) < 4.78 is 5.22. The van der Waals surface area contributed by atoms with Gasteiger partial charge in [-0.1, -0.05) is 30.6 Å². The van der Waals surface area contributed by atoms with Gasteiger partial charge in [-0.3, -0.25) is 4.79 Å². The minimum atomic E-state index is -0.142. The first-order chi connectivity index (χ1) is 10.6. The first kappa shape index (κ1) is 16.0. The third-order valence-corrected chi connectivity index (χ3v) is 3.40. The Balaban J connectivity index is 1.97. The van der Waals surface area contributed by atoms with Crippen molar-refractivity contribution in [2.45, 2.75) is 39.0 Å². The molecule has 1 atom stereocenters. The third kappa shape index (κ3) is 4.31. The van der Waals surface area contributed by atoms with Crippen LogP contribution in [0.25, 0.3) is 0 Å². The molecule has 6 heteroatoms. The molecule has 118 valence electrons. The first-order valence-electron chi connectivity index (χ1n) is 7.48. The molecular formula is C16H21N3O3. The summed E-state index contributed by atoms with van der Waals surface area (Å²) in [4.78, 5) is 16.0. The fourth-order valence-electron chi connectivity index (χ4n) is 2.06. The Morgan fingerprint density at radius 1 is 1.45 bits per heavy atom. The van der Waals surface area contributed by atoms with Crippen molar-refractivity contribution in [1.82, 2.24) is 15.5 Å². The van der Waals surface area contributed by atoms with Crippen molar-refractivity contribution in [2.24, 2.45) is 0 Å². The molecule has 0 spiro atoms. The summed E-state index contributed by atoms with van der Waals surface area (Å²) in [5.41, 5.74) is 0.877. The van der Waals surface area contributed by atoms with Crippen molar-refractivity contribution in [3.63, 3.8) is 0 Å². The van der Waals surface area contributed by atoms with E-state index in [1.165, 1.54) is 0 Å². The molecule has 1 aromatic carbocycles. The van der Waals surface area contributed by atoms with Crippen molar-refractivity contribution in [1.29, 1.82) is 0 Å². The highest BCUT2D eigenvalue weighted by molar-refractivity contribution is 5.77. The molecule has 0 saturated heterocycles. The SMILES string of the molecule is CCCCNC(=O)Cc1noc(C(C)c2cccc(O)c2)n1. The zero-order valence-electron chi connectivity index (χ0n) is 12.9. The van der Waals surface area contributed by atoms with Gasteiger partial charge < -0.3 is 14.9 Å². The lowest BCUT2D eigenvalue weighted by Gasteiger charge is -2.06. The standard InChI is InChI=1S/C16H21N3O3/c1-3-4-8-17-15(21)10-14-18-16(22-19-14)11(2)12-6-5-7-13(20)9-12/h5-7,9,11,20H,3-4,8,10H2,1-2H3,(H,17,21). The smallest absolute Gasteiger partial charge is 0.233 e. The minimum absolute atomic E-state index is 0.106.